The maximum atomic E-state index is 6.78. The average Bonchev–Trinajstić information content (AvgIpc) is 2.56. The summed E-state index contributed by atoms with van der Waals surface area (Å²) >= 11 is 6.78. The molecule has 3 rings (SSSR count). The molecule has 0 radical (unpaired) electrons. The Labute approximate surface area is 132 Å². The Bertz CT molecular complexity index is 588. The van der Waals surface area contributed by atoms with Crippen molar-refractivity contribution in [3.05, 3.63) is 65.2 Å². The lowest BCUT2D eigenvalue weighted by atomic mass is 9.99. The molecule has 2 aromatic carbocycles. The summed E-state index contributed by atoms with van der Waals surface area (Å²) in [6.45, 7) is 4.45. The zero-order valence-corrected chi connectivity index (χ0v) is 13.3. The summed E-state index contributed by atoms with van der Waals surface area (Å²) < 4.78 is 0. The zero-order chi connectivity index (χ0) is 14.7. The molecule has 0 bridgehead atoms. The molecule has 110 valence electrons. The standard InChI is InChI=1S/C19H22ClN/c1-15-10-11-17(19(20)16-8-4-2-5-9-16)18(14-15)21-12-6-3-7-13-21/h2,4-5,8-11,14,19H,3,6-7,12-13H2,1H3. The number of nitrogens with zero attached hydrogens (tertiary/aromatic N) is 1. The van der Waals surface area contributed by atoms with Gasteiger partial charge in [-0.1, -0.05) is 42.5 Å². The highest BCUT2D eigenvalue weighted by Crippen LogP contribution is 2.36. The van der Waals surface area contributed by atoms with Crippen molar-refractivity contribution in [2.45, 2.75) is 31.6 Å². The minimum Gasteiger partial charge on any atom is -0.371 e. The summed E-state index contributed by atoms with van der Waals surface area (Å²) in [5, 5.41) is -0.0799. The lowest BCUT2D eigenvalue weighted by Gasteiger charge is -2.32. The van der Waals surface area contributed by atoms with E-state index >= 15 is 0 Å². The van der Waals surface area contributed by atoms with Crippen molar-refractivity contribution in [3.63, 3.8) is 0 Å². The molecule has 0 N–H and O–H groups in total. The molecule has 1 unspecified atom stereocenters. The summed E-state index contributed by atoms with van der Waals surface area (Å²) in [6.07, 6.45) is 3.91. The van der Waals surface area contributed by atoms with Crippen LogP contribution >= 0.6 is 11.6 Å². The largest absolute Gasteiger partial charge is 0.371 e. The summed E-state index contributed by atoms with van der Waals surface area (Å²) in [4.78, 5) is 2.50. The Morgan fingerprint density at radius 3 is 2.38 bits per heavy atom. The van der Waals surface area contributed by atoms with Crippen LogP contribution in [0.1, 0.15) is 41.3 Å². The van der Waals surface area contributed by atoms with Crippen LogP contribution < -0.4 is 4.90 Å². The van der Waals surface area contributed by atoms with Crippen LogP contribution in [0.4, 0.5) is 5.69 Å². The summed E-state index contributed by atoms with van der Waals surface area (Å²) in [6, 6.07) is 17.0. The minimum absolute atomic E-state index is 0.0799. The first-order valence-corrected chi connectivity index (χ1v) is 8.24. The number of alkyl halides is 1. The Balaban J connectivity index is 1.97. The van der Waals surface area contributed by atoms with E-state index in [2.05, 4.69) is 54.3 Å². The van der Waals surface area contributed by atoms with Gasteiger partial charge < -0.3 is 4.90 Å². The monoisotopic (exact) mass is 299 g/mol. The van der Waals surface area contributed by atoms with Gasteiger partial charge in [-0.15, -0.1) is 11.6 Å². The highest BCUT2D eigenvalue weighted by molar-refractivity contribution is 6.23. The molecule has 0 spiro atoms. The second-order valence-corrected chi connectivity index (χ2v) is 6.32. The Hall–Kier alpha value is -1.47. The number of hydrogen-bond donors (Lipinski definition) is 0. The second kappa shape index (κ2) is 6.53. The highest BCUT2D eigenvalue weighted by Gasteiger charge is 2.20. The average molecular weight is 300 g/mol. The molecule has 0 amide bonds. The van der Waals surface area contributed by atoms with Crippen molar-refractivity contribution in [3.8, 4) is 0 Å². The fraction of sp³-hybridized carbons (Fsp3) is 0.368. The summed E-state index contributed by atoms with van der Waals surface area (Å²) in [5.74, 6) is 0. The van der Waals surface area contributed by atoms with Crippen molar-refractivity contribution < 1.29 is 0 Å². The molecule has 1 aliphatic rings. The van der Waals surface area contributed by atoms with Gasteiger partial charge in [-0.2, -0.15) is 0 Å². The number of aryl methyl sites for hydroxylation is 1. The van der Waals surface area contributed by atoms with E-state index in [1.54, 1.807) is 0 Å². The van der Waals surface area contributed by atoms with Crippen molar-refractivity contribution in [2.24, 2.45) is 0 Å². The molecule has 1 heterocycles. The van der Waals surface area contributed by atoms with Gasteiger partial charge in [0.15, 0.2) is 0 Å². The highest BCUT2D eigenvalue weighted by atomic mass is 35.5. The van der Waals surface area contributed by atoms with E-state index in [0.717, 1.165) is 13.1 Å². The SMILES string of the molecule is Cc1ccc(C(Cl)c2ccccc2)c(N2CCCCC2)c1. The van der Waals surface area contributed by atoms with E-state index in [-0.39, 0.29) is 5.38 Å². The van der Waals surface area contributed by atoms with Crippen molar-refractivity contribution in [2.75, 3.05) is 18.0 Å². The quantitative estimate of drug-likeness (QED) is 0.694. The topological polar surface area (TPSA) is 3.24 Å². The van der Waals surface area contributed by atoms with Gasteiger partial charge in [-0.3, -0.25) is 0 Å². The van der Waals surface area contributed by atoms with Gasteiger partial charge in [0.05, 0.1) is 5.38 Å². The molecular formula is C19H22ClN. The maximum absolute atomic E-state index is 6.78. The van der Waals surface area contributed by atoms with Gasteiger partial charge in [-0.05, 0) is 48.9 Å². The molecule has 1 atom stereocenters. The van der Waals surface area contributed by atoms with Crippen LogP contribution in [0, 0.1) is 6.92 Å². The Morgan fingerprint density at radius 1 is 0.952 bits per heavy atom. The van der Waals surface area contributed by atoms with Crippen LogP contribution in [-0.4, -0.2) is 13.1 Å². The number of rotatable bonds is 3. The van der Waals surface area contributed by atoms with Gasteiger partial charge in [-0.25, -0.2) is 0 Å². The normalized spacial score (nSPS) is 16.8. The van der Waals surface area contributed by atoms with Gasteiger partial charge in [0.1, 0.15) is 0 Å². The van der Waals surface area contributed by atoms with Crippen LogP contribution in [0.25, 0.3) is 0 Å². The van der Waals surface area contributed by atoms with E-state index in [1.165, 1.54) is 41.6 Å². The van der Waals surface area contributed by atoms with E-state index in [1.807, 2.05) is 6.07 Å². The van der Waals surface area contributed by atoms with Gasteiger partial charge in [0, 0.05) is 18.8 Å². The van der Waals surface area contributed by atoms with E-state index < -0.39 is 0 Å². The summed E-state index contributed by atoms with van der Waals surface area (Å²) in [5.41, 5.74) is 5.02. The molecule has 21 heavy (non-hydrogen) atoms. The lowest BCUT2D eigenvalue weighted by Crippen LogP contribution is -2.30. The first-order valence-electron chi connectivity index (χ1n) is 7.80. The van der Waals surface area contributed by atoms with Crippen molar-refractivity contribution >= 4 is 17.3 Å². The Morgan fingerprint density at radius 2 is 1.67 bits per heavy atom. The molecule has 1 aliphatic heterocycles. The molecule has 0 aliphatic carbocycles. The van der Waals surface area contributed by atoms with E-state index in [9.17, 15) is 0 Å². The molecular weight excluding hydrogens is 278 g/mol. The maximum Gasteiger partial charge on any atom is 0.0855 e. The fourth-order valence-electron chi connectivity index (χ4n) is 3.08. The van der Waals surface area contributed by atoms with E-state index in [0.29, 0.717) is 0 Å². The molecule has 1 nitrogen and oxygen atoms in total. The van der Waals surface area contributed by atoms with Crippen LogP contribution in [0.15, 0.2) is 48.5 Å². The summed E-state index contributed by atoms with van der Waals surface area (Å²) in [7, 11) is 0. The molecule has 1 saturated heterocycles. The molecule has 0 aromatic heterocycles. The van der Waals surface area contributed by atoms with Crippen LogP contribution in [0.5, 0.6) is 0 Å². The molecule has 2 aromatic rings. The third-order valence-corrected chi connectivity index (χ3v) is 4.74. The predicted molar refractivity (Wildman–Crippen MR) is 91.4 cm³/mol. The molecule has 0 saturated carbocycles. The molecule has 1 fully saturated rings. The third-order valence-electron chi connectivity index (χ3n) is 4.25. The third kappa shape index (κ3) is 3.24. The fourth-order valence-corrected chi connectivity index (χ4v) is 3.41. The van der Waals surface area contributed by atoms with Gasteiger partial charge in [0.2, 0.25) is 0 Å². The number of halogens is 1. The number of anilines is 1. The van der Waals surface area contributed by atoms with Gasteiger partial charge >= 0.3 is 0 Å². The first kappa shape index (κ1) is 14.5. The first-order chi connectivity index (χ1) is 10.3. The predicted octanol–water partition coefficient (Wildman–Crippen LogP) is 5.31. The number of benzene rings is 2. The van der Waals surface area contributed by atoms with Crippen LogP contribution in [0.3, 0.4) is 0 Å². The lowest BCUT2D eigenvalue weighted by molar-refractivity contribution is 0.576. The van der Waals surface area contributed by atoms with Crippen LogP contribution in [-0.2, 0) is 0 Å². The van der Waals surface area contributed by atoms with E-state index in [4.69, 9.17) is 11.6 Å². The number of piperidine rings is 1. The smallest absolute Gasteiger partial charge is 0.0855 e. The van der Waals surface area contributed by atoms with Crippen LogP contribution in [0.2, 0.25) is 0 Å². The Kier molecular flexibility index (Phi) is 4.50. The minimum atomic E-state index is -0.0799. The zero-order valence-electron chi connectivity index (χ0n) is 12.6. The van der Waals surface area contributed by atoms with Crippen molar-refractivity contribution in [1.29, 1.82) is 0 Å². The van der Waals surface area contributed by atoms with Gasteiger partial charge in [0.25, 0.3) is 0 Å². The molecule has 2 heteroatoms. The second-order valence-electron chi connectivity index (χ2n) is 5.88. The van der Waals surface area contributed by atoms with Crippen molar-refractivity contribution in [1.82, 2.24) is 0 Å². The number of hydrogen-bond acceptors (Lipinski definition) is 1.